The van der Waals surface area contributed by atoms with Crippen LogP contribution in [0.25, 0.3) is 0 Å². The molecule has 0 heterocycles. The third-order valence-electron chi connectivity index (χ3n) is 2.63. The van der Waals surface area contributed by atoms with Crippen molar-refractivity contribution >= 4 is 11.8 Å². The van der Waals surface area contributed by atoms with E-state index >= 15 is 0 Å². The maximum absolute atomic E-state index is 11.5. The van der Waals surface area contributed by atoms with E-state index in [1.165, 1.54) is 0 Å². The first-order valence-electron chi connectivity index (χ1n) is 6.24. The second kappa shape index (κ2) is 7.97. The zero-order chi connectivity index (χ0) is 15.0. The van der Waals surface area contributed by atoms with E-state index in [9.17, 15) is 14.7 Å². The van der Waals surface area contributed by atoms with Crippen LogP contribution < -0.4 is 10.6 Å². The van der Waals surface area contributed by atoms with E-state index < -0.39 is 17.9 Å². The molecule has 0 aliphatic heterocycles. The van der Waals surface area contributed by atoms with Crippen molar-refractivity contribution in [2.75, 3.05) is 13.1 Å². The summed E-state index contributed by atoms with van der Waals surface area (Å²) in [6.07, 6.45) is 3.88. The highest BCUT2D eigenvalue weighted by atomic mass is 16.3. The Hall–Kier alpha value is -2.32. The van der Waals surface area contributed by atoms with Crippen molar-refractivity contribution < 1.29 is 14.7 Å². The van der Waals surface area contributed by atoms with Crippen LogP contribution in [0.3, 0.4) is 0 Å². The van der Waals surface area contributed by atoms with E-state index in [0.717, 1.165) is 11.1 Å². The highest BCUT2D eigenvalue weighted by Crippen LogP contribution is 2.13. The molecule has 0 radical (unpaired) electrons. The van der Waals surface area contributed by atoms with E-state index in [2.05, 4.69) is 16.6 Å². The number of aliphatic hydroxyl groups is 1. The Bertz CT molecular complexity index is 520. The van der Waals surface area contributed by atoms with Crippen LogP contribution >= 0.6 is 0 Å². The molecule has 1 unspecified atom stereocenters. The van der Waals surface area contributed by atoms with E-state index in [0.29, 0.717) is 0 Å². The lowest BCUT2D eigenvalue weighted by molar-refractivity contribution is -0.129. The summed E-state index contributed by atoms with van der Waals surface area (Å²) < 4.78 is 0. The van der Waals surface area contributed by atoms with Crippen molar-refractivity contribution in [1.29, 1.82) is 0 Å². The average molecular weight is 274 g/mol. The van der Waals surface area contributed by atoms with Gasteiger partial charge in [-0.05, 0) is 12.5 Å². The number of rotatable bonds is 6. The minimum absolute atomic E-state index is 0.0602. The number of terminal acetylenes is 1. The third kappa shape index (κ3) is 5.55. The lowest BCUT2D eigenvalue weighted by Gasteiger charge is -2.12. The summed E-state index contributed by atoms with van der Waals surface area (Å²) in [6.45, 7) is 2.08. The van der Waals surface area contributed by atoms with Crippen molar-refractivity contribution in [2.24, 2.45) is 0 Å². The van der Waals surface area contributed by atoms with Crippen LogP contribution in [0, 0.1) is 19.3 Å². The lowest BCUT2D eigenvalue weighted by atomic mass is 10.1. The van der Waals surface area contributed by atoms with E-state index in [4.69, 9.17) is 6.42 Å². The van der Waals surface area contributed by atoms with Crippen molar-refractivity contribution in [3.63, 3.8) is 0 Å². The number of carbonyl (C=O) groups is 2. The first-order valence-corrected chi connectivity index (χ1v) is 6.24. The SMILES string of the molecule is C#CCNC(=O)CC(=O)NCC(O)c1cccc(C)c1. The van der Waals surface area contributed by atoms with Gasteiger partial charge in [-0.25, -0.2) is 0 Å². The summed E-state index contributed by atoms with van der Waals surface area (Å²) in [7, 11) is 0. The number of carbonyl (C=O) groups excluding carboxylic acids is 2. The van der Waals surface area contributed by atoms with Gasteiger partial charge in [0.1, 0.15) is 6.42 Å². The van der Waals surface area contributed by atoms with Gasteiger partial charge in [-0.2, -0.15) is 0 Å². The second-order valence-corrected chi connectivity index (χ2v) is 4.39. The third-order valence-corrected chi connectivity index (χ3v) is 2.63. The van der Waals surface area contributed by atoms with E-state index in [-0.39, 0.29) is 19.5 Å². The molecule has 0 saturated carbocycles. The fraction of sp³-hybridized carbons (Fsp3) is 0.333. The molecule has 5 heteroatoms. The molecule has 0 aliphatic carbocycles. The summed E-state index contributed by atoms with van der Waals surface area (Å²) in [4.78, 5) is 22.7. The molecule has 1 rings (SSSR count). The Morgan fingerprint density at radius 3 is 2.70 bits per heavy atom. The Labute approximate surface area is 118 Å². The number of amides is 2. The van der Waals surface area contributed by atoms with Crippen LogP contribution in [0.15, 0.2) is 24.3 Å². The quantitative estimate of drug-likeness (QED) is 0.515. The second-order valence-electron chi connectivity index (χ2n) is 4.39. The van der Waals surface area contributed by atoms with Gasteiger partial charge in [0.2, 0.25) is 11.8 Å². The van der Waals surface area contributed by atoms with Gasteiger partial charge in [0.05, 0.1) is 12.6 Å². The number of hydrogen-bond acceptors (Lipinski definition) is 3. The molecule has 106 valence electrons. The minimum Gasteiger partial charge on any atom is -0.387 e. The summed E-state index contributed by atoms with van der Waals surface area (Å²) in [6, 6.07) is 7.38. The Balaban J connectivity index is 2.37. The molecule has 3 N–H and O–H groups in total. The molecular formula is C15H18N2O3. The molecule has 0 spiro atoms. The van der Waals surface area contributed by atoms with Crippen molar-refractivity contribution in [2.45, 2.75) is 19.4 Å². The van der Waals surface area contributed by atoms with Crippen LogP contribution in [0.1, 0.15) is 23.7 Å². The monoisotopic (exact) mass is 274 g/mol. The van der Waals surface area contributed by atoms with Gasteiger partial charge in [0.15, 0.2) is 0 Å². The zero-order valence-electron chi connectivity index (χ0n) is 11.3. The molecule has 0 fully saturated rings. The standard InChI is InChI=1S/C15H18N2O3/c1-3-7-16-14(19)9-15(20)17-10-13(18)12-6-4-5-11(2)8-12/h1,4-6,8,13,18H,7,9-10H2,2H3,(H,16,19)(H,17,20). The molecule has 1 atom stereocenters. The van der Waals surface area contributed by atoms with Gasteiger partial charge in [0, 0.05) is 6.54 Å². The van der Waals surface area contributed by atoms with Crippen LogP contribution in [0.2, 0.25) is 0 Å². The van der Waals surface area contributed by atoms with Gasteiger partial charge in [0.25, 0.3) is 0 Å². The molecule has 5 nitrogen and oxygen atoms in total. The van der Waals surface area contributed by atoms with Crippen LogP contribution in [-0.4, -0.2) is 30.0 Å². The molecular weight excluding hydrogens is 256 g/mol. The molecule has 0 aliphatic rings. The number of nitrogens with one attached hydrogen (secondary N) is 2. The number of aryl methyl sites for hydroxylation is 1. The van der Waals surface area contributed by atoms with Crippen molar-refractivity contribution in [3.8, 4) is 12.3 Å². The van der Waals surface area contributed by atoms with Gasteiger partial charge in [-0.1, -0.05) is 35.7 Å². The summed E-state index contributed by atoms with van der Waals surface area (Å²) >= 11 is 0. The van der Waals surface area contributed by atoms with Crippen LogP contribution in [0.5, 0.6) is 0 Å². The predicted octanol–water partition coefficient (Wildman–Crippen LogP) is 0.284. The Morgan fingerprint density at radius 2 is 2.05 bits per heavy atom. The van der Waals surface area contributed by atoms with E-state index in [1.54, 1.807) is 6.07 Å². The molecule has 2 amide bonds. The molecule has 0 saturated heterocycles. The molecule has 0 bridgehead atoms. The van der Waals surface area contributed by atoms with Crippen LogP contribution in [-0.2, 0) is 9.59 Å². The molecule has 1 aromatic rings. The fourth-order valence-corrected chi connectivity index (χ4v) is 1.63. The maximum Gasteiger partial charge on any atom is 0.230 e. The Morgan fingerprint density at radius 1 is 1.35 bits per heavy atom. The van der Waals surface area contributed by atoms with Gasteiger partial charge >= 0.3 is 0 Å². The average Bonchev–Trinajstić information content (AvgIpc) is 2.42. The first-order chi connectivity index (χ1) is 9.52. The number of hydrogen-bond donors (Lipinski definition) is 3. The largest absolute Gasteiger partial charge is 0.387 e. The highest BCUT2D eigenvalue weighted by molar-refractivity contribution is 5.96. The summed E-state index contributed by atoms with van der Waals surface area (Å²) in [5.74, 6) is 1.35. The maximum atomic E-state index is 11.5. The van der Waals surface area contributed by atoms with Gasteiger partial charge in [-0.3, -0.25) is 9.59 Å². The van der Waals surface area contributed by atoms with Gasteiger partial charge in [-0.15, -0.1) is 6.42 Å². The zero-order valence-corrected chi connectivity index (χ0v) is 11.3. The van der Waals surface area contributed by atoms with Gasteiger partial charge < -0.3 is 15.7 Å². The van der Waals surface area contributed by atoms with Crippen molar-refractivity contribution in [1.82, 2.24) is 10.6 Å². The first kappa shape index (κ1) is 15.7. The summed E-state index contributed by atoms with van der Waals surface area (Å²) in [5.41, 5.74) is 1.75. The topological polar surface area (TPSA) is 78.4 Å². The van der Waals surface area contributed by atoms with E-state index in [1.807, 2.05) is 25.1 Å². The van der Waals surface area contributed by atoms with Crippen molar-refractivity contribution in [3.05, 3.63) is 35.4 Å². The fourth-order valence-electron chi connectivity index (χ4n) is 1.63. The minimum atomic E-state index is -0.799. The number of aliphatic hydroxyl groups excluding tert-OH is 1. The Kier molecular flexibility index (Phi) is 6.27. The summed E-state index contributed by atoms with van der Waals surface area (Å²) in [5, 5.41) is 14.8. The lowest BCUT2D eigenvalue weighted by Crippen LogP contribution is -2.34. The number of benzene rings is 1. The highest BCUT2D eigenvalue weighted by Gasteiger charge is 2.12. The smallest absolute Gasteiger partial charge is 0.230 e. The predicted molar refractivity (Wildman–Crippen MR) is 75.6 cm³/mol. The van der Waals surface area contributed by atoms with Crippen LogP contribution in [0.4, 0.5) is 0 Å². The normalized spacial score (nSPS) is 11.2. The molecule has 0 aromatic heterocycles. The molecule has 20 heavy (non-hydrogen) atoms. The molecule has 1 aromatic carbocycles.